The quantitative estimate of drug-likeness (QED) is 0.634. The second-order valence-corrected chi connectivity index (χ2v) is 3.19. The van der Waals surface area contributed by atoms with Crippen LogP contribution in [0.2, 0.25) is 0 Å². The van der Waals surface area contributed by atoms with E-state index in [4.69, 9.17) is 10.2 Å². The number of nitrogen functional groups attached to an aromatic ring is 1. The van der Waals surface area contributed by atoms with Crippen molar-refractivity contribution in [2.75, 3.05) is 5.73 Å². The Balaban J connectivity index is 0.000000853. The van der Waals surface area contributed by atoms with Gasteiger partial charge in [0.2, 0.25) is 0 Å². The summed E-state index contributed by atoms with van der Waals surface area (Å²) < 4.78 is 5.35. The van der Waals surface area contributed by atoms with Crippen LogP contribution in [0.3, 0.4) is 0 Å². The molecule has 0 atom stereocenters. The Bertz CT molecular complexity index is 618. The molecular weight excluding hydrogens is 212 g/mol. The molecular formula is C11H9ClN2O. The lowest BCUT2D eigenvalue weighted by atomic mass is 10.1. The monoisotopic (exact) mass is 220 g/mol. The average molecular weight is 221 g/mol. The smallest absolute Gasteiger partial charge is 0.293 e. The maximum absolute atomic E-state index is 5.50. The van der Waals surface area contributed by atoms with E-state index in [1.54, 1.807) is 0 Å². The average Bonchev–Trinajstić information content (AvgIpc) is 2.59. The number of halogens is 1. The van der Waals surface area contributed by atoms with Crippen molar-refractivity contribution in [2.24, 2.45) is 0 Å². The number of nitrogens with zero attached hydrogens (tertiary/aromatic N) is 1. The van der Waals surface area contributed by atoms with Crippen LogP contribution < -0.4 is 5.73 Å². The number of hydrogen-bond donors (Lipinski definition) is 1. The van der Waals surface area contributed by atoms with E-state index >= 15 is 0 Å². The zero-order chi connectivity index (χ0) is 9.54. The number of benzene rings is 2. The first kappa shape index (κ1) is 9.80. The van der Waals surface area contributed by atoms with Gasteiger partial charge in [-0.3, -0.25) is 0 Å². The Morgan fingerprint density at radius 3 is 2.73 bits per heavy atom. The van der Waals surface area contributed by atoms with Gasteiger partial charge >= 0.3 is 0 Å². The Morgan fingerprint density at radius 1 is 1.07 bits per heavy atom. The molecule has 1 aromatic heterocycles. The minimum absolute atomic E-state index is 0. The highest BCUT2D eigenvalue weighted by atomic mass is 35.5. The second-order valence-electron chi connectivity index (χ2n) is 3.19. The normalized spacial score (nSPS) is 10.4. The molecule has 0 aliphatic heterocycles. The summed E-state index contributed by atoms with van der Waals surface area (Å²) >= 11 is 0. The summed E-state index contributed by atoms with van der Waals surface area (Å²) in [5.41, 5.74) is 7.07. The van der Waals surface area contributed by atoms with Crippen LogP contribution in [0.4, 0.5) is 6.01 Å². The van der Waals surface area contributed by atoms with Gasteiger partial charge in [0, 0.05) is 5.39 Å². The lowest BCUT2D eigenvalue weighted by Crippen LogP contribution is -1.80. The van der Waals surface area contributed by atoms with Crippen molar-refractivity contribution in [3.8, 4) is 0 Å². The molecule has 0 aliphatic carbocycles. The molecule has 3 aromatic rings. The predicted octanol–water partition coefficient (Wildman–Crippen LogP) is 2.99. The molecule has 0 amide bonds. The van der Waals surface area contributed by atoms with Gasteiger partial charge in [-0.2, -0.15) is 4.98 Å². The molecule has 0 radical (unpaired) electrons. The lowest BCUT2D eigenvalue weighted by molar-refractivity contribution is 0.629. The fourth-order valence-electron chi connectivity index (χ4n) is 1.67. The third-order valence-electron chi connectivity index (χ3n) is 2.30. The van der Waals surface area contributed by atoms with Gasteiger partial charge in [-0.1, -0.05) is 30.3 Å². The SMILES string of the molecule is Cl.Nc1nc2ccc3ccccc3c2o1. The van der Waals surface area contributed by atoms with E-state index in [0.717, 1.165) is 21.9 Å². The molecule has 0 spiro atoms. The van der Waals surface area contributed by atoms with Crippen molar-refractivity contribution >= 4 is 40.3 Å². The van der Waals surface area contributed by atoms with Crippen molar-refractivity contribution < 1.29 is 4.42 Å². The van der Waals surface area contributed by atoms with Crippen molar-refractivity contribution in [3.05, 3.63) is 36.4 Å². The molecule has 0 aliphatic rings. The maximum atomic E-state index is 5.50. The van der Waals surface area contributed by atoms with Crippen LogP contribution in [0.15, 0.2) is 40.8 Å². The number of fused-ring (bicyclic) bond motifs is 3. The number of oxazole rings is 1. The Hall–Kier alpha value is -1.74. The first-order chi connectivity index (χ1) is 6.84. The van der Waals surface area contributed by atoms with E-state index in [1.807, 2.05) is 36.4 Å². The predicted molar refractivity (Wildman–Crippen MR) is 63.2 cm³/mol. The number of anilines is 1. The van der Waals surface area contributed by atoms with Crippen LogP contribution in [0.1, 0.15) is 0 Å². The molecule has 0 bridgehead atoms. The number of aromatic nitrogens is 1. The zero-order valence-corrected chi connectivity index (χ0v) is 8.62. The number of hydrogen-bond acceptors (Lipinski definition) is 3. The molecule has 0 fully saturated rings. The molecule has 0 unspecified atom stereocenters. The van der Waals surface area contributed by atoms with Gasteiger partial charge in [0.05, 0.1) is 0 Å². The topological polar surface area (TPSA) is 52.0 Å². The standard InChI is InChI=1S/C11H8N2O.ClH/c12-11-13-9-6-5-7-3-1-2-4-8(7)10(9)14-11;/h1-6H,(H2,12,13);1H. The van der Waals surface area contributed by atoms with Crippen molar-refractivity contribution in [2.45, 2.75) is 0 Å². The lowest BCUT2D eigenvalue weighted by Gasteiger charge is -1.95. The van der Waals surface area contributed by atoms with Gasteiger partial charge in [0.15, 0.2) is 5.58 Å². The minimum Gasteiger partial charge on any atom is -0.423 e. The molecule has 0 saturated heterocycles. The van der Waals surface area contributed by atoms with Crippen LogP contribution in [-0.2, 0) is 0 Å². The van der Waals surface area contributed by atoms with Crippen molar-refractivity contribution in [1.82, 2.24) is 4.98 Å². The molecule has 2 N–H and O–H groups in total. The van der Waals surface area contributed by atoms with E-state index in [-0.39, 0.29) is 18.4 Å². The maximum Gasteiger partial charge on any atom is 0.293 e. The highest BCUT2D eigenvalue weighted by molar-refractivity contribution is 6.03. The van der Waals surface area contributed by atoms with Gasteiger partial charge in [-0.05, 0) is 11.5 Å². The molecule has 4 heteroatoms. The summed E-state index contributed by atoms with van der Waals surface area (Å²) in [5, 5.41) is 2.19. The van der Waals surface area contributed by atoms with Crippen LogP contribution in [0.25, 0.3) is 21.9 Å². The Morgan fingerprint density at radius 2 is 1.87 bits per heavy atom. The van der Waals surface area contributed by atoms with Gasteiger partial charge in [-0.15, -0.1) is 12.4 Å². The molecule has 3 rings (SSSR count). The Kier molecular flexibility index (Phi) is 2.25. The molecule has 1 heterocycles. The van der Waals surface area contributed by atoms with Gasteiger partial charge in [0.1, 0.15) is 5.52 Å². The van der Waals surface area contributed by atoms with Crippen molar-refractivity contribution in [3.63, 3.8) is 0 Å². The van der Waals surface area contributed by atoms with Crippen LogP contribution in [-0.4, -0.2) is 4.98 Å². The molecule has 76 valence electrons. The number of rotatable bonds is 0. The highest BCUT2D eigenvalue weighted by Gasteiger charge is 2.05. The third-order valence-corrected chi connectivity index (χ3v) is 2.30. The van der Waals surface area contributed by atoms with Crippen molar-refractivity contribution in [1.29, 1.82) is 0 Å². The third kappa shape index (κ3) is 1.41. The first-order valence-electron chi connectivity index (χ1n) is 4.38. The fourth-order valence-corrected chi connectivity index (χ4v) is 1.67. The molecule has 0 saturated carbocycles. The summed E-state index contributed by atoms with van der Waals surface area (Å²) in [5.74, 6) is 0. The van der Waals surface area contributed by atoms with Crippen LogP contribution in [0.5, 0.6) is 0 Å². The summed E-state index contributed by atoms with van der Waals surface area (Å²) in [6.45, 7) is 0. The largest absolute Gasteiger partial charge is 0.423 e. The highest BCUT2D eigenvalue weighted by Crippen LogP contribution is 2.26. The number of nitrogens with two attached hydrogens (primary N) is 1. The van der Waals surface area contributed by atoms with E-state index in [0.29, 0.717) is 0 Å². The fraction of sp³-hybridized carbons (Fsp3) is 0. The summed E-state index contributed by atoms with van der Waals surface area (Å²) in [6.07, 6.45) is 0. The second kappa shape index (κ2) is 3.44. The van der Waals surface area contributed by atoms with E-state index in [1.165, 1.54) is 0 Å². The zero-order valence-electron chi connectivity index (χ0n) is 7.81. The van der Waals surface area contributed by atoms with E-state index in [2.05, 4.69) is 4.98 Å². The summed E-state index contributed by atoms with van der Waals surface area (Å²) in [6, 6.07) is 12.2. The first-order valence-corrected chi connectivity index (χ1v) is 4.38. The summed E-state index contributed by atoms with van der Waals surface area (Å²) in [4.78, 5) is 4.07. The molecule has 3 nitrogen and oxygen atoms in total. The van der Waals surface area contributed by atoms with Crippen LogP contribution >= 0.6 is 12.4 Å². The molecule has 15 heavy (non-hydrogen) atoms. The Labute approximate surface area is 92.3 Å². The van der Waals surface area contributed by atoms with Gasteiger partial charge < -0.3 is 10.2 Å². The van der Waals surface area contributed by atoms with Crippen LogP contribution in [0, 0.1) is 0 Å². The molecule has 2 aromatic carbocycles. The van der Waals surface area contributed by atoms with Gasteiger partial charge in [-0.25, -0.2) is 0 Å². The van der Waals surface area contributed by atoms with E-state index in [9.17, 15) is 0 Å². The van der Waals surface area contributed by atoms with E-state index < -0.39 is 0 Å². The van der Waals surface area contributed by atoms with Gasteiger partial charge in [0.25, 0.3) is 6.01 Å². The summed E-state index contributed by atoms with van der Waals surface area (Å²) in [7, 11) is 0. The minimum atomic E-state index is 0.